The summed E-state index contributed by atoms with van der Waals surface area (Å²) < 4.78 is 11.3. The number of carboxylic acid groups (broad SMARTS) is 1. The van der Waals surface area contributed by atoms with E-state index in [-0.39, 0.29) is 36.2 Å². The fourth-order valence-corrected chi connectivity index (χ4v) is 8.06. The van der Waals surface area contributed by atoms with Crippen molar-refractivity contribution in [3.8, 4) is 5.75 Å². The van der Waals surface area contributed by atoms with Crippen molar-refractivity contribution in [1.82, 2.24) is 10.2 Å². The van der Waals surface area contributed by atoms with Crippen LogP contribution in [0, 0.1) is 23.7 Å². The van der Waals surface area contributed by atoms with Crippen LogP contribution in [0.2, 0.25) is 0 Å². The monoisotopic (exact) mass is 761 g/mol. The summed E-state index contributed by atoms with van der Waals surface area (Å²) in [6.07, 6.45) is -10.7. The molecule has 19 nitrogen and oxygen atoms in total. The third-order valence-corrected chi connectivity index (χ3v) is 10.6. The molecule has 19 heteroatoms. The number of aliphatic carboxylic acids is 1. The molecule has 2 saturated carbocycles. The van der Waals surface area contributed by atoms with Gasteiger partial charge in [-0.15, -0.1) is 0 Å². The molecule has 4 aliphatic rings. The number of aliphatic hydroxyl groups excluding tert-OH is 3. The van der Waals surface area contributed by atoms with E-state index in [2.05, 4.69) is 10.6 Å². The normalized spacial score (nSPS) is 33.8. The summed E-state index contributed by atoms with van der Waals surface area (Å²) in [6, 6.07) is 0.146. The number of carbonyl (C=O) groups is 7. The van der Waals surface area contributed by atoms with Crippen molar-refractivity contribution in [3.63, 3.8) is 0 Å². The van der Waals surface area contributed by atoms with Crippen molar-refractivity contribution in [1.29, 1.82) is 0 Å². The highest BCUT2D eigenvalue weighted by Gasteiger charge is 2.69. The van der Waals surface area contributed by atoms with Crippen LogP contribution in [0.5, 0.6) is 5.75 Å². The minimum absolute atomic E-state index is 0.0807. The van der Waals surface area contributed by atoms with Crippen LogP contribution >= 0.6 is 0 Å². The van der Waals surface area contributed by atoms with E-state index in [1.165, 1.54) is 25.1 Å². The maximum atomic E-state index is 14.9. The molecule has 2 unspecified atom stereocenters. The molecule has 9 N–H and O–H groups in total. The molecule has 1 aliphatic heterocycles. The molecule has 54 heavy (non-hydrogen) atoms. The zero-order valence-corrected chi connectivity index (χ0v) is 30.9. The first kappa shape index (κ1) is 40.8. The second-order valence-electron chi connectivity index (χ2n) is 15.8. The van der Waals surface area contributed by atoms with Gasteiger partial charge in [0.2, 0.25) is 18.1 Å². The number of aliphatic hydroxyl groups is 4. The standard InChI is InChI=1S/C35H47N5O14/c1-34(2,3)37-11-17(41)38-15-10-16(39(4)5)13-8-12-9-14-21(40(6)7)23(43)20(31(36)49)30(48)35(14,52)29(47)18(12)22(42)19(13)27(15)53-33-26(46)24(44)25(45)28(54-33)32(50)51/h10,12,14,18,20-21,24-26,28,33,37,44-46,52H,8-9,11H2,1-7H3,(H2,36,49)(H,38,41)(H,50,51)/t12-,14-,18?,20?,21+,24-,25-,26+,28-,33+,35-/m0/s1. The van der Waals surface area contributed by atoms with Crippen molar-refractivity contribution in [2.24, 2.45) is 29.4 Å². The van der Waals surface area contributed by atoms with Crippen molar-refractivity contribution >= 4 is 52.3 Å². The van der Waals surface area contributed by atoms with Gasteiger partial charge in [-0.05, 0) is 65.3 Å². The van der Waals surface area contributed by atoms with Crippen LogP contribution in [0.3, 0.4) is 0 Å². The van der Waals surface area contributed by atoms with Gasteiger partial charge in [0, 0.05) is 31.2 Å². The van der Waals surface area contributed by atoms with Crippen molar-refractivity contribution in [2.75, 3.05) is 45.0 Å². The van der Waals surface area contributed by atoms with Gasteiger partial charge >= 0.3 is 5.97 Å². The number of carboxylic acids is 1. The minimum atomic E-state index is -2.98. The van der Waals surface area contributed by atoms with Crippen LogP contribution < -0.4 is 26.0 Å². The Morgan fingerprint density at radius 2 is 1.65 bits per heavy atom. The zero-order valence-electron chi connectivity index (χ0n) is 30.9. The van der Waals surface area contributed by atoms with Crippen LogP contribution in [-0.2, 0) is 39.9 Å². The van der Waals surface area contributed by atoms with Crippen molar-refractivity contribution < 1.29 is 68.6 Å². The first-order valence-electron chi connectivity index (χ1n) is 17.3. The number of carbonyl (C=O) groups excluding carboxylic acids is 6. The average Bonchev–Trinajstić information content (AvgIpc) is 3.05. The third kappa shape index (κ3) is 6.78. The molecule has 296 valence electrons. The number of nitrogens with two attached hydrogens (primary N) is 1. The fourth-order valence-electron chi connectivity index (χ4n) is 8.06. The number of rotatable bonds is 9. The van der Waals surface area contributed by atoms with Gasteiger partial charge in [-0.3, -0.25) is 33.7 Å². The number of amides is 2. The van der Waals surface area contributed by atoms with Gasteiger partial charge < -0.3 is 56.3 Å². The van der Waals surface area contributed by atoms with Crippen LogP contribution in [0.1, 0.15) is 43.1 Å². The Morgan fingerprint density at radius 1 is 1.02 bits per heavy atom. The highest BCUT2D eigenvalue weighted by molar-refractivity contribution is 6.32. The molecule has 0 aromatic heterocycles. The maximum Gasteiger partial charge on any atom is 0.335 e. The summed E-state index contributed by atoms with van der Waals surface area (Å²) in [6.45, 7) is 5.19. The van der Waals surface area contributed by atoms with E-state index in [1.54, 1.807) is 19.0 Å². The smallest absolute Gasteiger partial charge is 0.335 e. The Bertz CT molecular complexity index is 1790. The Morgan fingerprint density at radius 3 is 2.19 bits per heavy atom. The van der Waals surface area contributed by atoms with Gasteiger partial charge in [-0.25, -0.2) is 4.79 Å². The Kier molecular flexibility index (Phi) is 10.9. The number of hydrogen-bond acceptors (Lipinski definition) is 16. The van der Waals surface area contributed by atoms with E-state index in [4.69, 9.17) is 15.2 Å². The molecule has 1 aromatic rings. The van der Waals surface area contributed by atoms with Gasteiger partial charge in [0.05, 0.1) is 29.8 Å². The Balaban J connectivity index is 1.70. The van der Waals surface area contributed by atoms with Crippen LogP contribution in [0.25, 0.3) is 0 Å². The van der Waals surface area contributed by atoms with E-state index in [0.717, 1.165) is 0 Å². The van der Waals surface area contributed by atoms with Crippen molar-refractivity contribution in [3.05, 3.63) is 17.2 Å². The predicted octanol–water partition coefficient (Wildman–Crippen LogP) is -3.17. The first-order chi connectivity index (χ1) is 24.9. The Labute approximate surface area is 309 Å². The van der Waals surface area contributed by atoms with Gasteiger partial charge in [0.15, 0.2) is 46.5 Å². The number of benzene rings is 1. The number of likely N-dealkylation sites (N-methyl/N-ethyl adjacent to an activating group) is 1. The highest BCUT2D eigenvalue weighted by Crippen LogP contribution is 2.53. The molecule has 1 saturated heterocycles. The molecule has 11 atom stereocenters. The number of nitrogens with one attached hydrogen (secondary N) is 2. The molecule has 2 amide bonds. The average molecular weight is 762 g/mol. The number of hydrogen-bond donors (Lipinski definition) is 8. The summed E-state index contributed by atoms with van der Waals surface area (Å²) in [5.41, 5.74) is 2.00. The Hall–Kier alpha value is -4.37. The SMILES string of the molecule is CN(C)c1cc(NC(=O)CNC(C)(C)C)c(O[C@@H]2O[C@H](C(=O)O)[C@@H](O)[C@H](O)[C@H]2O)c2c1C[C@H]1C[C@H]3[C@@H](N(C)C)C(=O)C(C(N)=O)C(=O)[C@@]3(O)C(=O)C1C2=O. The summed E-state index contributed by atoms with van der Waals surface area (Å²) in [5, 5.41) is 59.0. The lowest BCUT2D eigenvalue weighted by Crippen LogP contribution is -2.74. The van der Waals surface area contributed by atoms with E-state index in [9.17, 15) is 59.1 Å². The summed E-state index contributed by atoms with van der Waals surface area (Å²) in [5.74, 6) is -15.0. The largest absolute Gasteiger partial charge is 0.479 e. The number of ether oxygens (including phenoxy) is 2. The molecule has 0 spiro atoms. The van der Waals surface area contributed by atoms with Crippen LogP contribution in [-0.4, -0.2) is 154 Å². The second-order valence-corrected chi connectivity index (χ2v) is 15.8. The molecular formula is C35H47N5O14. The molecule has 0 bridgehead atoms. The number of fused-ring (bicyclic) bond motifs is 3. The third-order valence-electron chi connectivity index (χ3n) is 10.6. The van der Waals surface area contributed by atoms with E-state index < -0.39 is 118 Å². The topological polar surface area (TPSA) is 296 Å². The molecule has 5 rings (SSSR count). The molecule has 3 fully saturated rings. The predicted molar refractivity (Wildman–Crippen MR) is 185 cm³/mol. The first-order valence-corrected chi connectivity index (χ1v) is 17.3. The lowest BCUT2D eigenvalue weighted by atomic mass is 9.52. The molecule has 3 aliphatic carbocycles. The molecular weight excluding hydrogens is 714 g/mol. The number of primary amides is 1. The molecule has 1 heterocycles. The molecule has 0 radical (unpaired) electrons. The van der Waals surface area contributed by atoms with Gasteiger partial charge in [-0.1, -0.05) is 0 Å². The van der Waals surface area contributed by atoms with Gasteiger partial charge in [0.1, 0.15) is 18.3 Å². The minimum Gasteiger partial charge on any atom is -0.479 e. The zero-order chi connectivity index (χ0) is 40.5. The fraction of sp³-hybridized carbons (Fsp3) is 0.629. The lowest BCUT2D eigenvalue weighted by Gasteiger charge is -2.52. The summed E-state index contributed by atoms with van der Waals surface area (Å²) >= 11 is 0. The molecule has 1 aromatic carbocycles. The van der Waals surface area contributed by atoms with Crippen molar-refractivity contribution in [2.45, 2.75) is 81.5 Å². The summed E-state index contributed by atoms with van der Waals surface area (Å²) in [7, 11) is 6.22. The highest BCUT2D eigenvalue weighted by atomic mass is 16.7. The number of nitrogens with zero attached hydrogens (tertiary/aromatic N) is 2. The number of Topliss-reactive ketones (excluding diaryl/α,β-unsaturated/α-hetero) is 4. The summed E-state index contributed by atoms with van der Waals surface area (Å²) in [4.78, 5) is 97.2. The quantitative estimate of drug-likeness (QED) is 0.115. The van der Waals surface area contributed by atoms with Crippen LogP contribution in [0.15, 0.2) is 6.07 Å². The van der Waals surface area contributed by atoms with E-state index in [0.29, 0.717) is 5.69 Å². The van der Waals surface area contributed by atoms with Gasteiger partial charge in [0.25, 0.3) is 0 Å². The number of anilines is 2. The van der Waals surface area contributed by atoms with E-state index >= 15 is 0 Å². The second kappa shape index (κ2) is 14.4. The lowest BCUT2D eigenvalue weighted by molar-refractivity contribution is -0.271. The van der Waals surface area contributed by atoms with Gasteiger partial charge in [-0.2, -0.15) is 0 Å². The number of ketones is 4. The van der Waals surface area contributed by atoms with Crippen LogP contribution in [0.4, 0.5) is 11.4 Å². The maximum absolute atomic E-state index is 14.9. The van der Waals surface area contributed by atoms with E-state index in [1.807, 2.05) is 20.8 Å².